The zero-order chi connectivity index (χ0) is 14.0. The minimum absolute atomic E-state index is 0.0584. The van der Waals surface area contributed by atoms with Gasteiger partial charge in [0.1, 0.15) is 5.82 Å². The first kappa shape index (κ1) is 14.2. The largest absolute Gasteiger partial charge is 0.351 e. The van der Waals surface area contributed by atoms with Crippen LogP contribution in [0.5, 0.6) is 0 Å². The van der Waals surface area contributed by atoms with Gasteiger partial charge >= 0.3 is 0 Å². The highest BCUT2D eigenvalue weighted by Gasteiger charge is 2.12. The fourth-order valence-corrected chi connectivity index (χ4v) is 2.13. The Morgan fingerprint density at radius 3 is 2.37 bits per heavy atom. The van der Waals surface area contributed by atoms with E-state index in [1.165, 1.54) is 18.2 Å². The van der Waals surface area contributed by atoms with E-state index in [2.05, 4.69) is 5.32 Å². The molecule has 2 aromatic rings. The van der Waals surface area contributed by atoms with Gasteiger partial charge in [0, 0.05) is 3.57 Å². The molecule has 0 radical (unpaired) electrons. The Kier molecular flexibility index (Phi) is 4.34. The Morgan fingerprint density at radius 1 is 1.00 bits per heavy atom. The normalized spacial score (nSPS) is 10.6. The number of rotatable bonds is 3. The maximum Gasteiger partial charge on any atom is 0.182 e. The topological polar surface area (TPSA) is 12.0 Å². The number of hydrogen-bond donors (Lipinski definition) is 1. The molecule has 2 rings (SSSR count). The fraction of sp³-hybridized carbons (Fsp3) is 0.143. The summed E-state index contributed by atoms with van der Waals surface area (Å²) >= 11 is 1.97. The van der Waals surface area contributed by atoms with Crippen LogP contribution in [0.4, 0.5) is 24.5 Å². The highest BCUT2D eigenvalue weighted by atomic mass is 127. The van der Waals surface area contributed by atoms with Crippen molar-refractivity contribution < 1.29 is 13.2 Å². The minimum Gasteiger partial charge on any atom is -0.351 e. The zero-order valence-electron chi connectivity index (χ0n) is 10.1. The van der Waals surface area contributed by atoms with Crippen molar-refractivity contribution >= 4 is 34.0 Å². The average molecular weight is 377 g/mol. The van der Waals surface area contributed by atoms with E-state index in [0.29, 0.717) is 12.0 Å². The number of nitrogens with one attached hydrogen (secondary N) is 1. The van der Waals surface area contributed by atoms with E-state index in [0.717, 1.165) is 9.64 Å². The van der Waals surface area contributed by atoms with Crippen LogP contribution >= 0.6 is 22.6 Å². The Hall–Kier alpha value is -1.24. The third-order valence-electron chi connectivity index (χ3n) is 2.70. The molecule has 0 heterocycles. The number of halogens is 4. The van der Waals surface area contributed by atoms with Crippen LogP contribution in [-0.2, 0) is 6.42 Å². The van der Waals surface area contributed by atoms with E-state index in [4.69, 9.17) is 0 Å². The summed E-state index contributed by atoms with van der Waals surface area (Å²) in [4.78, 5) is 0. The summed E-state index contributed by atoms with van der Waals surface area (Å²) in [5.74, 6) is -2.45. The van der Waals surface area contributed by atoms with Crippen LogP contribution in [0.3, 0.4) is 0 Å². The van der Waals surface area contributed by atoms with Crippen LogP contribution in [0, 0.1) is 21.0 Å². The zero-order valence-corrected chi connectivity index (χ0v) is 12.3. The maximum absolute atomic E-state index is 13.7. The molecule has 0 aromatic heterocycles. The van der Waals surface area contributed by atoms with Crippen molar-refractivity contribution in [3.8, 4) is 0 Å². The Balaban J connectivity index is 2.40. The molecular weight excluding hydrogens is 366 g/mol. The van der Waals surface area contributed by atoms with Crippen molar-refractivity contribution in [2.45, 2.75) is 13.3 Å². The van der Waals surface area contributed by atoms with Crippen molar-refractivity contribution in [1.29, 1.82) is 0 Å². The second-order valence-electron chi connectivity index (χ2n) is 4.04. The molecule has 0 unspecified atom stereocenters. The molecule has 0 fully saturated rings. The van der Waals surface area contributed by atoms with E-state index in [-0.39, 0.29) is 11.4 Å². The van der Waals surface area contributed by atoms with Crippen LogP contribution in [0.15, 0.2) is 30.3 Å². The van der Waals surface area contributed by atoms with Gasteiger partial charge in [-0.1, -0.05) is 6.92 Å². The molecule has 0 aliphatic rings. The molecule has 1 nitrogen and oxygen atoms in total. The molecule has 1 N–H and O–H groups in total. The van der Waals surface area contributed by atoms with Gasteiger partial charge in [-0.05, 0) is 64.9 Å². The van der Waals surface area contributed by atoms with Crippen LogP contribution in [0.1, 0.15) is 12.5 Å². The van der Waals surface area contributed by atoms with E-state index in [1.807, 2.05) is 29.5 Å². The molecule has 0 amide bonds. The highest BCUT2D eigenvalue weighted by molar-refractivity contribution is 14.1. The molecule has 2 aromatic carbocycles. The van der Waals surface area contributed by atoms with Gasteiger partial charge in [-0.15, -0.1) is 0 Å². The molecule has 0 aliphatic heterocycles. The molecule has 0 bridgehead atoms. The quantitative estimate of drug-likeness (QED) is 0.742. The van der Waals surface area contributed by atoms with Crippen molar-refractivity contribution in [2.75, 3.05) is 5.32 Å². The third kappa shape index (κ3) is 3.20. The molecule has 100 valence electrons. The maximum atomic E-state index is 13.7. The van der Waals surface area contributed by atoms with Crippen molar-refractivity contribution in [1.82, 2.24) is 0 Å². The lowest BCUT2D eigenvalue weighted by Crippen LogP contribution is -2.00. The summed E-state index contributed by atoms with van der Waals surface area (Å²) in [5, 5.41) is 2.59. The molecule has 0 saturated heterocycles. The van der Waals surface area contributed by atoms with Gasteiger partial charge in [0.05, 0.1) is 11.4 Å². The molecule has 0 atom stereocenters. The monoisotopic (exact) mass is 377 g/mol. The fourth-order valence-electron chi connectivity index (χ4n) is 1.68. The van der Waals surface area contributed by atoms with Crippen LogP contribution in [-0.4, -0.2) is 0 Å². The van der Waals surface area contributed by atoms with Gasteiger partial charge in [0.2, 0.25) is 0 Å². The summed E-state index contributed by atoms with van der Waals surface area (Å²) in [6.07, 6.45) is 0.570. The molecule has 0 saturated carbocycles. The molecule has 0 spiro atoms. The summed E-state index contributed by atoms with van der Waals surface area (Å²) in [6.45, 7) is 1.84. The van der Waals surface area contributed by atoms with E-state index in [1.54, 1.807) is 6.07 Å². The lowest BCUT2D eigenvalue weighted by Gasteiger charge is -2.11. The van der Waals surface area contributed by atoms with E-state index >= 15 is 0 Å². The van der Waals surface area contributed by atoms with Gasteiger partial charge < -0.3 is 5.32 Å². The smallest absolute Gasteiger partial charge is 0.182 e. The summed E-state index contributed by atoms with van der Waals surface area (Å²) < 4.78 is 41.4. The number of aryl methyl sites for hydroxylation is 1. The van der Waals surface area contributed by atoms with Gasteiger partial charge in [0.25, 0.3) is 0 Å². The summed E-state index contributed by atoms with van der Waals surface area (Å²) in [7, 11) is 0. The first-order valence-electron chi connectivity index (χ1n) is 5.71. The first-order chi connectivity index (χ1) is 9.01. The molecule has 0 aliphatic carbocycles. The number of hydrogen-bond acceptors (Lipinski definition) is 1. The lowest BCUT2D eigenvalue weighted by atomic mass is 10.1. The minimum atomic E-state index is -1.00. The molecule has 5 heteroatoms. The average Bonchev–Trinajstić information content (AvgIpc) is 2.37. The second kappa shape index (κ2) is 5.81. The first-order valence-corrected chi connectivity index (χ1v) is 6.79. The Labute approximate surface area is 123 Å². The van der Waals surface area contributed by atoms with E-state index < -0.39 is 17.5 Å². The number of benzene rings is 2. The van der Waals surface area contributed by atoms with Crippen LogP contribution in [0.2, 0.25) is 0 Å². The van der Waals surface area contributed by atoms with Crippen LogP contribution in [0.25, 0.3) is 0 Å². The SMILES string of the molecule is CCc1cc(F)c(F)c(Nc2ccc(I)cc2F)c1. The second-order valence-corrected chi connectivity index (χ2v) is 5.29. The van der Waals surface area contributed by atoms with Crippen molar-refractivity contribution in [2.24, 2.45) is 0 Å². The standard InChI is InChI=1S/C14H11F3IN/c1-2-8-5-11(16)14(17)13(6-8)19-12-4-3-9(18)7-10(12)15/h3-7,19H,2H2,1H3. The number of anilines is 2. The lowest BCUT2D eigenvalue weighted by molar-refractivity contribution is 0.510. The predicted molar refractivity (Wildman–Crippen MR) is 78.1 cm³/mol. The predicted octanol–water partition coefficient (Wildman–Crippen LogP) is 5.01. The van der Waals surface area contributed by atoms with Crippen molar-refractivity contribution in [3.63, 3.8) is 0 Å². The van der Waals surface area contributed by atoms with Gasteiger partial charge in [-0.3, -0.25) is 0 Å². The van der Waals surface area contributed by atoms with Crippen LogP contribution < -0.4 is 5.32 Å². The van der Waals surface area contributed by atoms with Gasteiger partial charge in [-0.2, -0.15) is 0 Å². The molecule has 19 heavy (non-hydrogen) atoms. The van der Waals surface area contributed by atoms with Gasteiger partial charge in [0.15, 0.2) is 11.6 Å². The van der Waals surface area contributed by atoms with Gasteiger partial charge in [-0.25, -0.2) is 13.2 Å². The Bertz CT molecular complexity index is 614. The third-order valence-corrected chi connectivity index (χ3v) is 3.37. The van der Waals surface area contributed by atoms with Crippen molar-refractivity contribution in [3.05, 3.63) is 56.9 Å². The summed E-state index contributed by atoms with van der Waals surface area (Å²) in [6, 6.07) is 7.12. The van der Waals surface area contributed by atoms with E-state index in [9.17, 15) is 13.2 Å². The Morgan fingerprint density at radius 2 is 1.74 bits per heavy atom. The summed E-state index contributed by atoms with van der Waals surface area (Å²) in [5.41, 5.74) is 0.705. The highest BCUT2D eigenvalue weighted by Crippen LogP contribution is 2.26. The molecular formula is C14H11F3IN.